The molecule has 6 nitrogen and oxygen atoms in total. The summed E-state index contributed by atoms with van der Waals surface area (Å²) < 4.78 is 5.60. The van der Waals surface area contributed by atoms with Gasteiger partial charge < -0.3 is 20.1 Å². The number of carboxylic acid groups (broad SMARTS) is 1. The number of aliphatic carboxylic acids is 1. The van der Waals surface area contributed by atoms with Crippen molar-refractivity contribution in [2.45, 2.75) is 57.2 Å². The van der Waals surface area contributed by atoms with E-state index in [0.29, 0.717) is 6.61 Å². The third-order valence-electron chi connectivity index (χ3n) is 3.58. The van der Waals surface area contributed by atoms with Gasteiger partial charge in [0.25, 0.3) is 0 Å². The van der Waals surface area contributed by atoms with Crippen LogP contribution in [0.3, 0.4) is 0 Å². The Bertz CT molecular complexity index is 366. The van der Waals surface area contributed by atoms with Gasteiger partial charge in [-0.3, -0.25) is 4.79 Å². The maximum atomic E-state index is 12.2. The number of ether oxygens (including phenoxy) is 1. The second-order valence-electron chi connectivity index (χ2n) is 6.00. The molecule has 0 aromatic carbocycles. The lowest BCUT2D eigenvalue weighted by Crippen LogP contribution is -2.51. The lowest BCUT2D eigenvalue weighted by atomic mass is 9.94. The van der Waals surface area contributed by atoms with Gasteiger partial charge in [0, 0.05) is 18.7 Å². The summed E-state index contributed by atoms with van der Waals surface area (Å²) in [7, 11) is 0. The molecule has 1 aliphatic heterocycles. The lowest BCUT2D eigenvalue weighted by Gasteiger charge is -2.36. The Morgan fingerprint density at radius 2 is 2.05 bits per heavy atom. The van der Waals surface area contributed by atoms with Crippen LogP contribution in [0.25, 0.3) is 0 Å². The fourth-order valence-corrected chi connectivity index (χ4v) is 2.51. The average Bonchev–Trinajstić information content (AvgIpc) is 3.07. The first-order valence-electron chi connectivity index (χ1n) is 6.80. The molecule has 2 fully saturated rings. The zero-order valence-corrected chi connectivity index (χ0v) is 11.5. The first-order chi connectivity index (χ1) is 8.87. The molecule has 1 atom stereocenters. The van der Waals surface area contributed by atoms with Gasteiger partial charge in [0.15, 0.2) is 0 Å². The molecule has 2 rings (SSSR count). The predicted molar refractivity (Wildman–Crippen MR) is 68.9 cm³/mol. The second-order valence-corrected chi connectivity index (χ2v) is 6.00. The summed E-state index contributed by atoms with van der Waals surface area (Å²) in [6.07, 6.45) is 3.34. The number of nitrogens with zero attached hydrogens (tertiary/aromatic N) is 1. The molecule has 108 valence electrons. The Balaban J connectivity index is 1.89. The van der Waals surface area contributed by atoms with Gasteiger partial charge >= 0.3 is 12.0 Å². The third-order valence-corrected chi connectivity index (χ3v) is 3.58. The maximum Gasteiger partial charge on any atom is 0.323 e. The van der Waals surface area contributed by atoms with Crippen molar-refractivity contribution in [2.24, 2.45) is 0 Å². The Morgan fingerprint density at radius 1 is 1.37 bits per heavy atom. The van der Waals surface area contributed by atoms with E-state index in [1.54, 1.807) is 0 Å². The van der Waals surface area contributed by atoms with Crippen molar-refractivity contribution in [3.8, 4) is 0 Å². The largest absolute Gasteiger partial charge is 0.480 e. The molecular formula is C13H22N2O4. The fraction of sp³-hybridized carbons (Fsp3) is 0.846. The first kappa shape index (κ1) is 14.1. The molecule has 0 aromatic heterocycles. The number of amides is 2. The fourth-order valence-electron chi connectivity index (χ4n) is 2.51. The van der Waals surface area contributed by atoms with Gasteiger partial charge in [0.2, 0.25) is 0 Å². The van der Waals surface area contributed by atoms with Crippen LogP contribution in [0.1, 0.15) is 39.5 Å². The van der Waals surface area contributed by atoms with Gasteiger partial charge in [-0.2, -0.15) is 0 Å². The Labute approximate surface area is 113 Å². The SMILES string of the molecule is CC1(C)CC(NC(=O)N(CC(=O)O)C2CC2)CCO1. The van der Waals surface area contributed by atoms with Crippen molar-refractivity contribution in [1.82, 2.24) is 10.2 Å². The minimum absolute atomic E-state index is 0.0614. The van der Waals surface area contributed by atoms with Crippen molar-refractivity contribution in [2.75, 3.05) is 13.2 Å². The second kappa shape index (κ2) is 5.36. The quantitative estimate of drug-likeness (QED) is 0.804. The smallest absolute Gasteiger partial charge is 0.323 e. The van der Waals surface area contributed by atoms with Crippen LogP contribution in [0.4, 0.5) is 4.79 Å². The van der Waals surface area contributed by atoms with E-state index in [0.717, 1.165) is 25.7 Å². The van der Waals surface area contributed by atoms with Gasteiger partial charge in [0.1, 0.15) is 6.54 Å². The maximum absolute atomic E-state index is 12.2. The molecule has 0 radical (unpaired) electrons. The van der Waals surface area contributed by atoms with E-state index in [1.165, 1.54) is 4.90 Å². The number of carbonyl (C=O) groups excluding carboxylic acids is 1. The molecule has 1 saturated carbocycles. The van der Waals surface area contributed by atoms with E-state index in [1.807, 2.05) is 13.8 Å². The molecule has 1 unspecified atom stereocenters. The van der Waals surface area contributed by atoms with Crippen molar-refractivity contribution < 1.29 is 19.4 Å². The first-order valence-corrected chi connectivity index (χ1v) is 6.80. The van der Waals surface area contributed by atoms with Gasteiger partial charge in [0.05, 0.1) is 5.60 Å². The van der Waals surface area contributed by atoms with Crippen LogP contribution in [0.2, 0.25) is 0 Å². The molecule has 2 N–H and O–H groups in total. The van der Waals surface area contributed by atoms with Gasteiger partial charge in [-0.1, -0.05) is 0 Å². The number of carbonyl (C=O) groups is 2. The molecular weight excluding hydrogens is 248 g/mol. The van der Waals surface area contributed by atoms with Crippen molar-refractivity contribution in [1.29, 1.82) is 0 Å². The number of carboxylic acids is 1. The lowest BCUT2D eigenvalue weighted by molar-refractivity contribution is -0.137. The molecule has 0 spiro atoms. The summed E-state index contributed by atoms with van der Waals surface area (Å²) in [6.45, 7) is 4.41. The number of urea groups is 1. The van der Waals surface area contributed by atoms with E-state index in [9.17, 15) is 9.59 Å². The van der Waals surface area contributed by atoms with Crippen molar-refractivity contribution in [3.63, 3.8) is 0 Å². The number of hydrogen-bond donors (Lipinski definition) is 2. The summed E-state index contributed by atoms with van der Waals surface area (Å²) in [4.78, 5) is 24.4. The minimum atomic E-state index is -0.964. The summed E-state index contributed by atoms with van der Waals surface area (Å²) in [5, 5.41) is 11.8. The van der Waals surface area contributed by atoms with Crippen LogP contribution in [0.15, 0.2) is 0 Å². The molecule has 19 heavy (non-hydrogen) atoms. The molecule has 1 saturated heterocycles. The topological polar surface area (TPSA) is 78.9 Å². The van der Waals surface area contributed by atoms with Gasteiger partial charge in [-0.15, -0.1) is 0 Å². The number of hydrogen-bond acceptors (Lipinski definition) is 3. The van der Waals surface area contributed by atoms with E-state index in [-0.39, 0.29) is 30.3 Å². The Hall–Kier alpha value is -1.30. The molecule has 1 aliphatic carbocycles. The standard InChI is InChI=1S/C13H22N2O4/c1-13(2)7-9(5-6-19-13)14-12(18)15(8-11(16)17)10-3-4-10/h9-10H,3-8H2,1-2H3,(H,14,18)(H,16,17). The zero-order valence-electron chi connectivity index (χ0n) is 11.5. The highest BCUT2D eigenvalue weighted by atomic mass is 16.5. The van der Waals surface area contributed by atoms with Gasteiger partial charge in [-0.25, -0.2) is 4.79 Å². The van der Waals surface area contributed by atoms with E-state index >= 15 is 0 Å². The average molecular weight is 270 g/mol. The van der Waals surface area contributed by atoms with Crippen molar-refractivity contribution in [3.05, 3.63) is 0 Å². The summed E-state index contributed by atoms with van der Waals surface area (Å²) in [5.41, 5.74) is -0.229. The highest BCUT2D eigenvalue weighted by molar-refractivity contribution is 5.80. The molecule has 0 bridgehead atoms. The van der Waals surface area contributed by atoms with E-state index in [2.05, 4.69) is 5.32 Å². The van der Waals surface area contributed by atoms with Crippen molar-refractivity contribution >= 4 is 12.0 Å². The highest BCUT2D eigenvalue weighted by Crippen LogP contribution is 2.28. The van der Waals surface area contributed by atoms with Gasteiger partial charge in [-0.05, 0) is 39.5 Å². The highest BCUT2D eigenvalue weighted by Gasteiger charge is 2.36. The Morgan fingerprint density at radius 3 is 2.58 bits per heavy atom. The number of nitrogens with one attached hydrogen (secondary N) is 1. The minimum Gasteiger partial charge on any atom is -0.480 e. The van der Waals surface area contributed by atoms with E-state index < -0.39 is 5.97 Å². The molecule has 2 aliphatic rings. The third kappa shape index (κ3) is 4.09. The van der Waals surface area contributed by atoms with Crippen LogP contribution in [-0.2, 0) is 9.53 Å². The van der Waals surface area contributed by atoms with Crippen LogP contribution < -0.4 is 5.32 Å². The van der Waals surface area contributed by atoms with Crippen LogP contribution in [-0.4, -0.2) is 52.8 Å². The molecule has 1 heterocycles. The summed E-state index contributed by atoms with van der Waals surface area (Å²) >= 11 is 0. The molecule has 0 aromatic rings. The van der Waals surface area contributed by atoms with Crippen LogP contribution >= 0.6 is 0 Å². The summed E-state index contributed by atoms with van der Waals surface area (Å²) in [6, 6.07) is -0.0946. The molecule has 2 amide bonds. The van der Waals surface area contributed by atoms with Crippen LogP contribution in [0.5, 0.6) is 0 Å². The van der Waals surface area contributed by atoms with Crippen LogP contribution in [0, 0.1) is 0 Å². The zero-order chi connectivity index (χ0) is 14.0. The summed E-state index contributed by atoms with van der Waals surface area (Å²) in [5.74, 6) is -0.964. The monoisotopic (exact) mass is 270 g/mol. The normalized spacial score (nSPS) is 25.7. The predicted octanol–water partition coefficient (Wildman–Crippen LogP) is 1.20. The Kier molecular flexibility index (Phi) is 3.99. The number of rotatable bonds is 4. The van der Waals surface area contributed by atoms with E-state index in [4.69, 9.17) is 9.84 Å². The molecule has 6 heteroatoms.